The molecule has 21 heavy (non-hydrogen) atoms. The lowest BCUT2D eigenvalue weighted by Crippen LogP contribution is -2.26. The van der Waals surface area contributed by atoms with E-state index >= 15 is 0 Å². The quantitative estimate of drug-likeness (QED) is 0.777. The first kappa shape index (κ1) is 12.7. The van der Waals surface area contributed by atoms with Crippen LogP contribution in [0, 0.1) is 0 Å². The van der Waals surface area contributed by atoms with E-state index in [1.54, 1.807) is 11.3 Å². The number of hydrogen-bond acceptors (Lipinski definition) is 6. The molecular formula is C14H15N5OS. The highest BCUT2D eigenvalue weighted by atomic mass is 32.1. The number of nitrogens with one attached hydrogen (secondary N) is 2. The van der Waals surface area contributed by atoms with Crippen molar-refractivity contribution in [2.24, 2.45) is 0 Å². The Kier molecular flexibility index (Phi) is 3.28. The summed E-state index contributed by atoms with van der Waals surface area (Å²) in [5.41, 5.74) is 1.88. The molecule has 0 aromatic carbocycles. The van der Waals surface area contributed by atoms with Crippen LogP contribution in [-0.2, 0) is 0 Å². The van der Waals surface area contributed by atoms with E-state index in [0.29, 0.717) is 17.6 Å². The fraction of sp³-hybridized carbons (Fsp3) is 0.357. The van der Waals surface area contributed by atoms with Crippen LogP contribution in [0.2, 0.25) is 0 Å². The second-order valence-electron chi connectivity index (χ2n) is 5.13. The lowest BCUT2D eigenvalue weighted by Gasteiger charge is -2.20. The van der Waals surface area contributed by atoms with E-state index in [9.17, 15) is 0 Å². The first-order chi connectivity index (χ1) is 10.4. The van der Waals surface area contributed by atoms with Gasteiger partial charge in [-0.15, -0.1) is 11.3 Å². The molecule has 7 heteroatoms. The first-order valence-corrected chi connectivity index (χ1v) is 7.92. The van der Waals surface area contributed by atoms with Gasteiger partial charge in [0.1, 0.15) is 0 Å². The van der Waals surface area contributed by atoms with Gasteiger partial charge in [-0.3, -0.25) is 5.10 Å². The summed E-state index contributed by atoms with van der Waals surface area (Å²) in [7, 11) is 0. The average molecular weight is 301 g/mol. The van der Waals surface area contributed by atoms with Crippen LogP contribution in [0.15, 0.2) is 28.1 Å². The Bertz CT molecular complexity index is 711. The number of thiophene rings is 1. The van der Waals surface area contributed by atoms with Gasteiger partial charge >= 0.3 is 0 Å². The van der Waals surface area contributed by atoms with Crippen LogP contribution < -0.4 is 5.32 Å². The normalized spacial score (nSPS) is 16.4. The molecule has 0 saturated carbocycles. The summed E-state index contributed by atoms with van der Waals surface area (Å²) in [5.74, 6) is 1.62. The smallest absolute Gasteiger partial charge is 0.278 e. The Morgan fingerprint density at radius 2 is 2.19 bits per heavy atom. The minimum absolute atomic E-state index is 0.467. The second-order valence-corrected chi connectivity index (χ2v) is 6.08. The summed E-state index contributed by atoms with van der Waals surface area (Å²) in [6.07, 6.45) is 2.26. The number of H-pyrrole nitrogens is 1. The van der Waals surface area contributed by atoms with Crippen molar-refractivity contribution in [3.05, 3.63) is 29.3 Å². The summed E-state index contributed by atoms with van der Waals surface area (Å²) in [6.45, 7) is 2.12. The van der Waals surface area contributed by atoms with Gasteiger partial charge in [0.2, 0.25) is 5.82 Å². The van der Waals surface area contributed by atoms with Crippen LogP contribution in [0.25, 0.3) is 22.3 Å². The number of piperidine rings is 1. The molecule has 1 aliphatic rings. The molecule has 108 valence electrons. The number of rotatable bonds is 3. The van der Waals surface area contributed by atoms with Crippen LogP contribution in [0.1, 0.15) is 24.5 Å². The van der Waals surface area contributed by atoms with Gasteiger partial charge in [-0.2, -0.15) is 10.1 Å². The molecule has 6 nitrogen and oxygen atoms in total. The number of nitrogens with zero attached hydrogens (tertiary/aromatic N) is 3. The average Bonchev–Trinajstić information content (AvgIpc) is 3.27. The van der Waals surface area contributed by atoms with Crippen molar-refractivity contribution < 1.29 is 4.52 Å². The van der Waals surface area contributed by atoms with Crippen LogP contribution in [0.5, 0.6) is 0 Å². The van der Waals surface area contributed by atoms with Crippen molar-refractivity contribution in [3.63, 3.8) is 0 Å². The van der Waals surface area contributed by atoms with E-state index in [2.05, 4.69) is 25.7 Å². The van der Waals surface area contributed by atoms with Gasteiger partial charge in [0.05, 0.1) is 4.88 Å². The molecule has 4 rings (SSSR count). The van der Waals surface area contributed by atoms with Gasteiger partial charge in [0, 0.05) is 11.6 Å². The van der Waals surface area contributed by atoms with E-state index in [-0.39, 0.29) is 0 Å². The van der Waals surface area contributed by atoms with Crippen molar-refractivity contribution in [2.45, 2.75) is 18.8 Å². The zero-order valence-corrected chi connectivity index (χ0v) is 12.2. The molecule has 3 aromatic heterocycles. The number of aromatic nitrogens is 4. The van der Waals surface area contributed by atoms with Crippen molar-refractivity contribution >= 4 is 11.3 Å². The predicted molar refractivity (Wildman–Crippen MR) is 80.0 cm³/mol. The minimum Gasteiger partial charge on any atom is -0.332 e. The van der Waals surface area contributed by atoms with Crippen molar-refractivity contribution in [1.29, 1.82) is 0 Å². The summed E-state index contributed by atoms with van der Waals surface area (Å²) < 4.78 is 5.33. The third-order valence-electron chi connectivity index (χ3n) is 3.76. The lowest BCUT2D eigenvalue weighted by atomic mass is 9.95. The molecule has 0 radical (unpaired) electrons. The molecule has 1 fully saturated rings. The molecular weight excluding hydrogens is 286 g/mol. The fourth-order valence-corrected chi connectivity index (χ4v) is 3.27. The molecule has 0 aliphatic carbocycles. The van der Waals surface area contributed by atoms with E-state index in [1.807, 2.05) is 23.6 Å². The van der Waals surface area contributed by atoms with E-state index in [1.165, 1.54) is 0 Å². The minimum atomic E-state index is 0.467. The van der Waals surface area contributed by atoms with Gasteiger partial charge in [-0.05, 0) is 43.4 Å². The SMILES string of the molecule is c1csc(-c2noc(-c3cc(C4CCNCC4)[nH]n3)n2)c1. The molecule has 0 amide bonds. The van der Waals surface area contributed by atoms with Crippen molar-refractivity contribution in [3.8, 4) is 22.3 Å². The van der Waals surface area contributed by atoms with E-state index in [0.717, 1.165) is 42.2 Å². The molecule has 0 atom stereocenters. The standard InChI is InChI=1S/C14H15N5OS/c1-2-12(21-7-1)13-16-14(20-19-13)11-8-10(17-18-11)9-3-5-15-6-4-9/h1-2,7-9,15H,3-6H2,(H,17,18). The summed E-state index contributed by atoms with van der Waals surface area (Å²) in [5, 5.41) is 16.8. The zero-order valence-electron chi connectivity index (χ0n) is 11.4. The highest BCUT2D eigenvalue weighted by Crippen LogP contribution is 2.28. The number of aromatic amines is 1. The predicted octanol–water partition coefficient (Wildman–Crippen LogP) is 2.66. The van der Waals surface area contributed by atoms with Crippen molar-refractivity contribution in [1.82, 2.24) is 25.7 Å². The van der Waals surface area contributed by atoms with Gasteiger partial charge in [0.15, 0.2) is 5.69 Å². The highest BCUT2D eigenvalue weighted by molar-refractivity contribution is 7.13. The fourth-order valence-electron chi connectivity index (χ4n) is 2.62. The molecule has 0 spiro atoms. The molecule has 4 heterocycles. The largest absolute Gasteiger partial charge is 0.332 e. The van der Waals surface area contributed by atoms with Crippen LogP contribution in [0.4, 0.5) is 0 Å². The lowest BCUT2D eigenvalue weighted by molar-refractivity contribution is 0.431. The van der Waals surface area contributed by atoms with Crippen LogP contribution >= 0.6 is 11.3 Å². The van der Waals surface area contributed by atoms with Crippen molar-refractivity contribution in [2.75, 3.05) is 13.1 Å². The third kappa shape index (κ3) is 2.50. The number of hydrogen-bond donors (Lipinski definition) is 2. The Labute approximate surface area is 125 Å². The molecule has 3 aromatic rings. The maximum Gasteiger partial charge on any atom is 0.278 e. The third-order valence-corrected chi connectivity index (χ3v) is 4.63. The monoisotopic (exact) mass is 301 g/mol. The maximum absolute atomic E-state index is 5.33. The van der Waals surface area contributed by atoms with Gasteiger partial charge in [0.25, 0.3) is 5.89 Å². The van der Waals surface area contributed by atoms with Crippen LogP contribution in [0.3, 0.4) is 0 Å². The molecule has 2 N–H and O–H groups in total. The topological polar surface area (TPSA) is 79.6 Å². The van der Waals surface area contributed by atoms with E-state index in [4.69, 9.17) is 4.52 Å². The van der Waals surface area contributed by atoms with Gasteiger partial charge < -0.3 is 9.84 Å². The Balaban J connectivity index is 1.58. The summed E-state index contributed by atoms with van der Waals surface area (Å²) >= 11 is 1.59. The summed E-state index contributed by atoms with van der Waals surface area (Å²) in [6, 6.07) is 5.98. The Hall–Kier alpha value is -1.99. The van der Waals surface area contributed by atoms with E-state index < -0.39 is 0 Å². The Morgan fingerprint density at radius 1 is 1.29 bits per heavy atom. The first-order valence-electron chi connectivity index (χ1n) is 7.04. The zero-order chi connectivity index (χ0) is 14.1. The van der Waals surface area contributed by atoms with Gasteiger partial charge in [-0.25, -0.2) is 0 Å². The maximum atomic E-state index is 5.33. The molecule has 1 saturated heterocycles. The molecule has 1 aliphatic heterocycles. The molecule has 0 unspecified atom stereocenters. The molecule has 0 bridgehead atoms. The highest BCUT2D eigenvalue weighted by Gasteiger charge is 2.20. The van der Waals surface area contributed by atoms with Crippen LogP contribution in [-0.4, -0.2) is 33.4 Å². The Morgan fingerprint density at radius 3 is 3.00 bits per heavy atom. The second kappa shape index (κ2) is 5.42. The van der Waals surface area contributed by atoms with Gasteiger partial charge in [-0.1, -0.05) is 11.2 Å². The summed E-state index contributed by atoms with van der Waals surface area (Å²) in [4.78, 5) is 5.42.